The maximum absolute atomic E-state index is 12.7. The predicted molar refractivity (Wildman–Crippen MR) is 78.6 cm³/mol. The highest BCUT2D eigenvalue weighted by Crippen LogP contribution is 2.33. The minimum Gasteiger partial charge on any atom is -0.391 e. The number of hydrogen-bond donors (Lipinski definition) is 1. The topological polar surface area (TPSA) is 58.1 Å². The molecule has 0 radical (unpaired) electrons. The van der Waals surface area contributed by atoms with Crippen LogP contribution in [-0.2, 0) is 6.42 Å². The van der Waals surface area contributed by atoms with Crippen molar-refractivity contribution in [2.45, 2.75) is 38.8 Å². The molecule has 1 aliphatic heterocycles. The smallest absolute Gasteiger partial charge is 0.280 e. The molecule has 2 aromatic rings. The Morgan fingerprint density at radius 3 is 2.75 bits per heavy atom. The molecule has 20 heavy (non-hydrogen) atoms. The van der Waals surface area contributed by atoms with Crippen LogP contribution in [0.25, 0.3) is 10.9 Å². The fourth-order valence-electron chi connectivity index (χ4n) is 2.56. The van der Waals surface area contributed by atoms with Crippen LogP contribution in [0.3, 0.4) is 0 Å². The Morgan fingerprint density at radius 2 is 2.15 bits per heavy atom. The van der Waals surface area contributed by atoms with E-state index in [1.54, 1.807) is 17.7 Å². The molecular formula is C15H19N3O2. The summed E-state index contributed by atoms with van der Waals surface area (Å²) >= 11 is 0. The van der Waals surface area contributed by atoms with Gasteiger partial charge in [0.25, 0.3) is 5.56 Å². The van der Waals surface area contributed by atoms with Gasteiger partial charge in [-0.15, -0.1) is 0 Å². The molecule has 2 heterocycles. The molecule has 0 spiro atoms. The van der Waals surface area contributed by atoms with Gasteiger partial charge in [-0.3, -0.25) is 9.80 Å². The number of benzene rings is 1. The first-order valence-corrected chi connectivity index (χ1v) is 6.95. The summed E-state index contributed by atoms with van der Waals surface area (Å²) in [4.78, 5) is 17.3. The Labute approximate surface area is 117 Å². The third-order valence-electron chi connectivity index (χ3n) is 4.23. The summed E-state index contributed by atoms with van der Waals surface area (Å²) in [5.41, 5.74) is 0.292. The first-order valence-electron chi connectivity index (χ1n) is 6.95. The van der Waals surface area contributed by atoms with E-state index in [4.69, 9.17) is 0 Å². The lowest BCUT2D eigenvalue weighted by Crippen LogP contribution is -2.40. The molecule has 0 saturated carbocycles. The number of aryl methyl sites for hydroxylation is 1. The van der Waals surface area contributed by atoms with Crippen LogP contribution < -0.4 is 10.6 Å². The number of rotatable bonds is 3. The zero-order valence-electron chi connectivity index (χ0n) is 12.0. The standard InChI is InChI=1S/C15H19N3O2/c1-4-13-16-12-8-6-5-7-11(12)14(20)18(13)17-9-15(17,3)10(2)19/h5-8,10,19H,4,9H2,1-3H3/t10-,15-,17?/m0/s1. The summed E-state index contributed by atoms with van der Waals surface area (Å²) in [6.07, 6.45) is 0.178. The number of fused-ring (bicyclic) bond motifs is 1. The van der Waals surface area contributed by atoms with E-state index in [1.807, 2.05) is 37.1 Å². The van der Waals surface area contributed by atoms with E-state index in [0.717, 1.165) is 11.3 Å². The Bertz CT molecular complexity index is 723. The van der Waals surface area contributed by atoms with Gasteiger partial charge in [-0.05, 0) is 26.0 Å². The average Bonchev–Trinajstić information content (AvgIpc) is 3.12. The van der Waals surface area contributed by atoms with Gasteiger partial charge in [0, 0.05) is 6.42 Å². The number of aliphatic hydroxyl groups is 1. The van der Waals surface area contributed by atoms with Gasteiger partial charge >= 0.3 is 0 Å². The summed E-state index contributed by atoms with van der Waals surface area (Å²) in [6.45, 7) is 6.36. The Kier molecular flexibility index (Phi) is 2.83. The van der Waals surface area contributed by atoms with Gasteiger partial charge in [-0.1, -0.05) is 19.1 Å². The summed E-state index contributed by atoms with van der Waals surface area (Å²) in [7, 11) is 0. The van der Waals surface area contributed by atoms with E-state index in [2.05, 4.69) is 4.98 Å². The van der Waals surface area contributed by atoms with Crippen LogP contribution in [0.2, 0.25) is 0 Å². The lowest BCUT2D eigenvalue weighted by Gasteiger charge is -2.20. The van der Waals surface area contributed by atoms with Crippen molar-refractivity contribution in [3.05, 3.63) is 40.4 Å². The van der Waals surface area contributed by atoms with E-state index in [-0.39, 0.29) is 11.1 Å². The van der Waals surface area contributed by atoms with Gasteiger partial charge in [-0.25, -0.2) is 9.66 Å². The van der Waals surface area contributed by atoms with Gasteiger partial charge in [0.1, 0.15) is 5.82 Å². The molecule has 1 aromatic heterocycles. The summed E-state index contributed by atoms with van der Waals surface area (Å²) in [6, 6.07) is 7.38. The van der Waals surface area contributed by atoms with Crippen LogP contribution in [0.1, 0.15) is 26.6 Å². The van der Waals surface area contributed by atoms with Gasteiger partial charge < -0.3 is 5.11 Å². The van der Waals surface area contributed by atoms with E-state index in [1.165, 1.54) is 0 Å². The first kappa shape index (κ1) is 13.1. The monoisotopic (exact) mass is 273 g/mol. The zero-order valence-corrected chi connectivity index (χ0v) is 12.0. The Morgan fingerprint density at radius 1 is 1.45 bits per heavy atom. The minimum atomic E-state index is -0.495. The number of aromatic nitrogens is 2. The molecule has 0 amide bonds. The third kappa shape index (κ3) is 1.73. The van der Waals surface area contributed by atoms with Crippen molar-refractivity contribution in [1.29, 1.82) is 0 Å². The molecule has 0 bridgehead atoms. The van der Waals surface area contributed by atoms with Gasteiger partial charge in [0.2, 0.25) is 0 Å². The highest BCUT2D eigenvalue weighted by atomic mass is 16.3. The Balaban J connectivity index is 2.21. The summed E-state index contributed by atoms with van der Waals surface area (Å²) in [5.74, 6) is 0.734. The highest BCUT2D eigenvalue weighted by Gasteiger charge is 2.53. The number of hydrogen-bond acceptors (Lipinski definition) is 4. The molecule has 106 valence electrons. The second-order valence-electron chi connectivity index (χ2n) is 5.61. The molecular weight excluding hydrogens is 254 g/mol. The maximum atomic E-state index is 12.7. The molecule has 0 unspecified atom stereocenters. The normalized spacial score (nSPS) is 23.1. The first-order chi connectivity index (χ1) is 9.49. The fourth-order valence-corrected chi connectivity index (χ4v) is 2.56. The van der Waals surface area contributed by atoms with Crippen molar-refractivity contribution in [3.63, 3.8) is 0 Å². The average molecular weight is 273 g/mol. The summed E-state index contributed by atoms with van der Waals surface area (Å²) in [5, 5.41) is 12.4. The van der Waals surface area contributed by atoms with Crippen LogP contribution in [-0.4, -0.2) is 33.0 Å². The van der Waals surface area contributed by atoms with Gasteiger partial charge in [-0.2, -0.15) is 0 Å². The second-order valence-corrected chi connectivity index (χ2v) is 5.61. The Hall–Kier alpha value is -1.88. The van der Waals surface area contributed by atoms with Crippen molar-refractivity contribution in [1.82, 2.24) is 9.66 Å². The van der Waals surface area contributed by atoms with Crippen LogP contribution in [0.5, 0.6) is 0 Å². The molecule has 1 aromatic carbocycles. The molecule has 1 saturated heterocycles. The van der Waals surface area contributed by atoms with E-state index >= 15 is 0 Å². The zero-order chi connectivity index (χ0) is 14.5. The van der Waals surface area contributed by atoms with Crippen molar-refractivity contribution in [3.8, 4) is 0 Å². The summed E-state index contributed by atoms with van der Waals surface area (Å²) < 4.78 is 1.63. The SMILES string of the molecule is CCc1nc2ccccc2c(=O)n1N1C[C@@]1(C)[C@H](C)O. The van der Waals surface area contributed by atoms with Crippen LogP contribution in [0.4, 0.5) is 0 Å². The molecule has 1 fully saturated rings. The quantitative estimate of drug-likeness (QED) is 0.849. The third-order valence-corrected chi connectivity index (χ3v) is 4.23. The second kappa shape index (κ2) is 4.31. The molecule has 1 aliphatic rings. The van der Waals surface area contributed by atoms with E-state index in [0.29, 0.717) is 18.4 Å². The number of nitrogens with zero attached hydrogens (tertiary/aromatic N) is 3. The van der Waals surface area contributed by atoms with Gasteiger partial charge in [0.15, 0.2) is 0 Å². The number of aliphatic hydroxyl groups excluding tert-OH is 1. The van der Waals surface area contributed by atoms with Crippen molar-refractivity contribution < 1.29 is 5.11 Å². The number of para-hydroxylation sites is 1. The van der Waals surface area contributed by atoms with Crippen molar-refractivity contribution in [2.24, 2.45) is 0 Å². The molecule has 5 nitrogen and oxygen atoms in total. The lowest BCUT2D eigenvalue weighted by molar-refractivity contribution is 0.156. The molecule has 0 aliphatic carbocycles. The lowest BCUT2D eigenvalue weighted by atomic mass is 10.1. The highest BCUT2D eigenvalue weighted by molar-refractivity contribution is 5.77. The van der Waals surface area contributed by atoms with Crippen LogP contribution >= 0.6 is 0 Å². The largest absolute Gasteiger partial charge is 0.391 e. The predicted octanol–water partition coefficient (Wildman–Crippen LogP) is 1.05. The minimum absolute atomic E-state index is 0.0585. The van der Waals surface area contributed by atoms with Gasteiger partial charge in [0.05, 0.1) is 29.1 Å². The van der Waals surface area contributed by atoms with E-state index < -0.39 is 6.10 Å². The molecule has 2 atom stereocenters. The van der Waals surface area contributed by atoms with Crippen LogP contribution in [0, 0.1) is 0 Å². The maximum Gasteiger partial charge on any atom is 0.280 e. The van der Waals surface area contributed by atoms with E-state index in [9.17, 15) is 9.90 Å². The molecule has 1 N–H and O–H groups in total. The van der Waals surface area contributed by atoms with Crippen molar-refractivity contribution >= 4 is 10.9 Å². The fraction of sp³-hybridized carbons (Fsp3) is 0.467. The molecule has 5 heteroatoms. The molecule has 3 rings (SSSR count). The van der Waals surface area contributed by atoms with Crippen LogP contribution in [0.15, 0.2) is 29.1 Å². The van der Waals surface area contributed by atoms with Crippen molar-refractivity contribution in [2.75, 3.05) is 11.6 Å².